The van der Waals surface area contributed by atoms with Crippen LogP contribution in [0.4, 0.5) is 17.6 Å². The van der Waals surface area contributed by atoms with Gasteiger partial charge in [0.25, 0.3) is 5.56 Å². The Kier molecular flexibility index (Phi) is 3.78. The molecule has 0 unspecified atom stereocenters. The molecule has 118 valence electrons. The van der Waals surface area contributed by atoms with E-state index in [0.29, 0.717) is 6.07 Å². The Morgan fingerprint density at radius 1 is 1.18 bits per heavy atom. The zero-order valence-electron chi connectivity index (χ0n) is 10.8. The largest absolute Gasteiger partial charge is 0.504 e. The van der Waals surface area contributed by atoms with Crippen molar-refractivity contribution in [3.8, 4) is 11.4 Å². The van der Waals surface area contributed by atoms with Crippen LogP contribution in [0.2, 0.25) is 5.02 Å². The van der Waals surface area contributed by atoms with Crippen LogP contribution in [-0.2, 0) is 13.2 Å². The third-order valence-electron chi connectivity index (χ3n) is 2.86. The van der Waals surface area contributed by atoms with Crippen LogP contribution in [0.3, 0.4) is 0 Å². The number of nitrogens with zero attached hydrogens (tertiary/aromatic N) is 2. The molecule has 0 atom stereocenters. The van der Waals surface area contributed by atoms with Gasteiger partial charge in [-0.15, -0.1) is 0 Å². The monoisotopic (exact) mass is 338 g/mol. The summed E-state index contributed by atoms with van der Waals surface area (Å²) in [5.74, 6) is -1.78. The highest BCUT2D eigenvalue weighted by Crippen LogP contribution is 2.31. The maximum Gasteiger partial charge on any atom is 0.431 e. The van der Waals surface area contributed by atoms with Gasteiger partial charge in [-0.2, -0.15) is 13.2 Å². The van der Waals surface area contributed by atoms with Crippen molar-refractivity contribution in [2.24, 2.45) is 7.05 Å². The predicted octanol–water partition coefficient (Wildman–Crippen LogP) is 2.05. The minimum atomic E-state index is -4.92. The van der Waals surface area contributed by atoms with Gasteiger partial charge >= 0.3 is 11.9 Å². The molecule has 0 fully saturated rings. The lowest BCUT2D eigenvalue weighted by molar-refractivity contribution is -0.144. The molecule has 5 nitrogen and oxygen atoms in total. The van der Waals surface area contributed by atoms with Crippen molar-refractivity contribution in [2.75, 3.05) is 0 Å². The van der Waals surface area contributed by atoms with Crippen molar-refractivity contribution in [3.63, 3.8) is 0 Å². The number of hydrogen-bond acceptors (Lipinski definition) is 3. The van der Waals surface area contributed by atoms with E-state index in [9.17, 15) is 32.3 Å². The number of phenolic OH excluding ortho intramolecular Hbond substituents is 1. The van der Waals surface area contributed by atoms with E-state index in [1.54, 1.807) is 0 Å². The highest BCUT2D eigenvalue weighted by atomic mass is 35.5. The molecule has 0 aliphatic heterocycles. The van der Waals surface area contributed by atoms with E-state index in [2.05, 4.69) is 0 Å². The fraction of sp³-hybridized carbons (Fsp3) is 0.167. The number of rotatable bonds is 1. The molecule has 22 heavy (non-hydrogen) atoms. The molecule has 2 aromatic rings. The molecule has 0 spiro atoms. The number of phenols is 1. The topological polar surface area (TPSA) is 64.2 Å². The molecule has 1 aromatic heterocycles. The Balaban J connectivity index is 2.89. The second-order valence-electron chi connectivity index (χ2n) is 4.30. The van der Waals surface area contributed by atoms with Gasteiger partial charge in [0.2, 0.25) is 0 Å². The highest BCUT2D eigenvalue weighted by Gasteiger charge is 2.35. The van der Waals surface area contributed by atoms with Crippen molar-refractivity contribution in [1.82, 2.24) is 9.13 Å². The molecule has 0 saturated heterocycles. The van der Waals surface area contributed by atoms with Gasteiger partial charge in [0.1, 0.15) is 17.2 Å². The minimum absolute atomic E-state index is 0.166. The van der Waals surface area contributed by atoms with Crippen LogP contribution in [0.25, 0.3) is 5.69 Å². The molecule has 10 heteroatoms. The third kappa shape index (κ3) is 2.59. The maximum atomic E-state index is 13.3. The van der Waals surface area contributed by atoms with Crippen LogP contribution >= 0.6 is 11.6 Å². The third-order valence-corrected chi connectivity index (χ3v) is 3.15. The second-order valence-corrected chi connectivity index (χ2v) is 4.71. The summed E-state index contributed by atoms with van der Waals surface area (Å²) >= 11 is 5.52. The number of halogens is 5. The first-order valence-corrected chi connectivity index (χ1v) is 6.00. The van der Waals surface area contributed by atoms with Crippen molar-refractivity contribution < 1.29 is 22.7 Å². The molecule has 0 saturated carbocycles. The van der Waals surface area contributed by atoms with Crippen LogP contribution in [-0.4, -0.2) is 14.2 Å². The molecule has 0 aliphatic carbocycles. The molecule has 1 aromatic carbocycles. The highest BCUT2D eigenvalue weighted by molar-refractivity contribution is 6.32. The summed E-state index contributed by atoms with van der Waals surface area (Å²) in [5, 5.41) is 9.22. The zero-order chi connectivity index (χ0) is 16.8. The summed E-state index contributed by atoms with van der Waals surface area (Å²) in [5.41, 5.74) is -4.91. The molecule has 0 bridgehead atoms. The average Bonchev–Trinajstić information content (AvgIpc) is 2.38. The first-order chi connectivity index (χ1) is 10.0. The summed E-state index contributed by atoms with van der Waals surface area (Å²) in [4.78, 5) is 23.8. The van der Waals surface area contributed by atoms with Crippen LogP contribution < -0.4 is 11.2 Å². The number of hydrogen-bond donors (Lipinski definition) is 1. The van der Waals surface area contributed by atoms with E-state index in [-0.39, 0.29) is 15.2 Å². The van der Waals surface area contributed by atoms with Gasteiger partial charge in [-0.05, 0) is 6.07 Å². The lowest BCUT2D eigenvalue weighted by atomic mass is 10.2. The predicted molar refractivity (Wildman–Crippen MR) is 68.9 cm³/mol. The molecule has 0 radical (unpaired) electrons. The van der Waals surface area contributed by atoms with Gasteiger partial charge in [-0.25, -0.2) is 13.8 Å². The van der Waals surface area contributed by atoms with Gasteiger partial charge in [0.05, 0.1) is 5.02 Å². The van der Waals surface area contributed by atoms with Crippen LogP contribution in [0.15, 0.2) is 27.8 Å². The Morgan fingerprint density at radius 2 is 1.77 bits per heavy atom. The standard InChI is InChI=1S/C12H7ClF4N2O3/c1-18-8(12(15,16)17)4-9(20)19(11(18)22)7-3-5(14)2-6(13)10(7)21/h2-4,21H,1H3. The normalized spacial score (nSPS) is 11.7. The van der Waals surface area contributed by atoms with Gasteiger partial charge in [-0.3, -0.25) is 9.36 Å². The quantitative estimate of drug-likeness (QED) is 0.809. The number of alkyl halides is 3. The van der Waals surface area contributed by atoms with Gasteiger partial charge in [0, 0.05) is 19.2 Å². The maximum absolute atomic E-state index is 13.3. The molecule has 2 rings (SSSR count). The summed E-state index contributed by atoms with van der Waals surface area (Å²) < 4.78 is 51.8. The summed E-state index contributed by atoms with van der Waals surface area (Å²) in [6.45, 7) is 0. The number of aromatic nitrogens is 2. The van der Waals surface area contributed by atoms with Crippen molar-refractivity contribution in [2.45, 2.75) is 6.18 Å². The summed E-state index contributed by atoms with van der Waals surface area (Å²) in [6.07, 6.45) is -4.92. The van der Waals surface area contributed by atoms with E-state index in [1.165, 1.54) is 0 Å². The first-order valence-electron chi connectivity index (χ1n) is 5.62. The SMILES string of the molecule is Cn1c(C(F)(F)F)cc(=O)n(-c2cc(F)cc(Cl)c2O)c1=O. The molecular weight excluding hydrogens is 332 g/mol. The molecule has 1 heterocycles. The number of benzene rings is 1. The van der Waals surface area contributed by atoms with Crippen LogP contribution in [0, 0.1) is 5.82 Å². The summed E-state index contributed by atoms with van der Waals surface area (Å²) in [6, 6.07) is 1.50. The molecule has 0 aliphatic rings. The van der Waals surface area contributed by atoms with E-state index >= 15 is 0 Å². The minimum Gasteiger partial charge on any atom is -0.504 e. The number of aromatic hydroxyl groups is 1. The van der Waals surface area contributed by atoms with Crippen LogP contribution in [0.1, 0.15) is 5.69 Å². The first kappa shape index (κ1) is 16.1. The lowest BCUT2D eigenvalue weighted by Gasteiger charge is -2.14. The Bertz CT molecular complexity index is 870. The van der Waals surface area contributed by atoms with E-state index in [0.717, 1.165) is 13.1 Å². The van der Waals surface area contributed by atoms with Gasteiger partial charge in [0.15, 0.2) is 5.75 Å². The molecule has 0 amide bonds. The average molecular weight is 339 g/mol. The Hall–Kier alpha value is -2.29. The smallest absolute Gasteiger partial charge is 0.431 e. The molecular formula is C12H7ClF4N2O3. The van der Waals surface area contributed by atoms with Crippen molar-refractivity contribution in [1.29, 1.82) is 0 Å². The fourth-order valence-electron chi connectivity index (χ4n) is 1.84. The Morgan fingerprint density at radius 3 is 2.32 bits per heavy atom. The van der Waals surface area contributed by atoms with Crippen molar-refractivity contribution >= 4 is 11.6 Å². The lowest BCUT2D eigenvalue weighted by Crippen LogP contribution is -2.40. The summed E-state index contributed by atoms with van der Waals surface area (Å²) in [7, 11) is 0.791. The fourth-order valence-corrected chi connectivity index (χ4v) is 2.04. The second kappa shape index (κ2) is 5.16. The Labute approximate surface area is 124 Å². The zero-order valence-corrected chi connectivity index (χ0v) is 11.5. The van der Waals surface area contributed by atoms with Gasteiger partial charge < -0.3 is 5.11 Å². The van der Waals surface area contributed by atoms with E-state index in [4.69, 9.17) is 11.6 Å². The van der Waals surface area contributed by atoms with Gasteiger partial charge in [-0.1, -0.05) is 11.6 Å². The molecule has 1 N–H and O–H groups in total. The van der Waals surface area contributed by atoms with E-state index < -0.39 is 45.4 Å². The van der Waals surface area contributed by atoms with Crippen LogP contribution in [0.5, 0.6) is 5.75 Å². The van der Waals surface area contributed by atoms with E-state index in [1.807, 2.05) is 0 Å². The van der Waals surface area contributed by atoms with Crippen molar-refractivity contribution in [3.05, 3.63) is 55.6 Å².